The first-order valence-corrected chi connectivity index (χ1v) is 7.90. The number of hydrogen-bond donors (Lipinski definition) is 0. The van der Waals surface area contributed by atoms with Gasteiger partial charge < -0.3 is 4.74 Å². The van der Waals surface area contributed by atoms with Crippen LogP contribution in [0.15, 0.2) is 52.3 Å². The van der Waals surface area contributed by atoms with Crippen molar-refractivity contribution >= 4 is 15.9 Å². The van der Waals surface area contributed by atoms with Crippen LogP contribution in [0.1, 0.15) is 11.1 Å². The Balaban J connectivity index is 1.88. The third-order valence-corrected chi connectivity index (χ3v) is 5.26. The van der Waals surface area contributed by atoms with Crippen LogP contribution in [0.5, 0.6) is 5.75 Å². The number of benzene rings is 2. The lowest BCUT2D eigenvalue weighted by Gasteiger charge is -2.09. The number of fused-ring (bicyclic) bond motifs is 1. The van der Waals surface area contributed by atoms with E-state index in [0.29, 0.717) is 11.3 Å². The molecule has 0 spiro atoms. The van der Waals surface area contributed by atoms with Gasteiger partial charge in [-0.05, 0) is 48.4 Å². The minimum atomic E-state index is -3.58. The summed E-state index contributed by atoms with van der Waals surface area (Å²) in [6.07, 6.45) is 1.46. The van der Waals surface area contributed by atoms with Crippen LogP contribution >= 0.6 is 0 Å². The van der Waals surface area contributed by atoms with Crippen LogP contribution < -0.4 is 4.74 Å². The second-order valence-electron chi connectivity index (χ2n) is 4.85. The molecule has 0 saturated carbocycles. The van der Waals surface area contributed by atoms with Crippen LogP contribution in [0.3, 0.4) is 0 Å². The molecule has 3 rings (SSSR count). The number of ether oxygens (including phenoxy) is 1. The Hall–Kier alpha value is -2.14. The van der Waals surface area contributed by atoms with E-state index in [1.165, 1.54) is 18.2 Å². The number of hydrogen-bond acceptors (Lipinski definition) is 3. The molecule has 0 amide bonds. The van der Waals surface area contributed by atoms with Crippen LogP contribution in [-0.4, -0.2) is 15.0 Å². The summed E-state index contributed by atoms with van der Waals surface area (Å²) in [5.74, 6) is 0.178. The van der Waals surface area contributed by atoms with Gasteiger partial charge in [-0.25, -0.2) is 12.8 Å². The fourth-order valence-electron chi connectivity index (χ4n) is 2.26. The van der Waals surface area contributed by atoms with Crippen molar-refractivity contribution in [2.24, 2.45) is 0 Å². The Bertz CT molecular complexity index is 838. The van der Waals surface area contributed by atoms with Crippen molar-refractivity contribution in [1.82, 2.24) is 0 Å². The van der Waals surface area contributed by atoms with Gasteiger partial charge in [-0.15, -0.1) is 0 Å². The molecule has 0 aliphatic carbocycles. The zero-order valence-corrected chi connectivity index (χ0v) is 12.2. The molecule has 21 heavy (non-hydrogen) atoms. The zero-order valence-electron chi connectivity index (χ0n) is 11.3. The number of halogens is 1. The molecule has 0 aromatic heterocycles. The summed E-state index contributed by atoms with van der Waals surface area (Å²) in [6.45, 7) is 1.82. The molecule has 2 aromatic rings. The summed E-state index contributed by atoms with van der Waals surface area (Å²) >= 11 is 0. The van der Waals surface area contributed by atoms with Gasteiger partial charge >= 0.3 is 0 Å². The first-order chi connectivity index (χ1) is 9.98. The Morgan fingerprint density at radius 2 is 1.90 bits per heavy atom. The minimum absolute atomic E-state index is 0.0660. The van der Waals surface area contributed by atoms with Crippen LogP contribution in [0.2, 0.25) is 0 Å². The molecule has 3 nitrogen and oxygen atoms in total. The van der Waals surface area contributed by atoms with Crippen LogP contribution in [-0.2, 0) is 9.84 Å². The normalized spacial score (nSPS) is 15.4. The van der Waals surface area contributed by atoms with Crippen molar-refractivity contribution in [2.45, 2.75) is 11.8 Å². The molecular weight excluding hydrogens is 291 g/mol. The van der Waals surface area contributed by atoms with Crippen molar-refractivity contribution in [1.29, 1.82) is 0 Å². The quantitative estimate of drug-likeness (QED) is 0.817. The number of para-hydroxylation sites is 1. The van der Waals surface area contributed by atoms with Crippen molar-refractivity contribution in [3.8, 4) is 5.75 Å². The Kier molecular flexibility index (Phi) is 3.29. The average molecular weight is 304 g/mol. The second-order valence-corrected chi connectivity index (χ2v) is 6.82. The van der Waals surface area contributed by atoms with E-state index in [0.717, 1.165) is 11.6 Å². The van der Waals surface area contributed by atoms with Gasteiger partial charge in [0.05, 0.1) is 9.80 Å². The van der Waals surface area contributed by atoms with Gasteiger partial charge in [0.2, 0.25) is 9.84 Å². The minimum Gasteiger partial charge on any atom is -0.488 e. The molecule has 0 fully saturated rings. The predicted molar refractivity (Wildman–Crippen MR) is 78.2 cm³/mol. The molecule has 0 radical (unpaired) electrons. The summed E-state index contributed by atoms with van der Waals surface area (Å²) in [5.41, 5.74) is 1.30. The highest BCUT2D eigenvalue weighted by molar-refractivity contribution is 7.95. The second kappa shape index (κ2) is 5.00. The SMILES string of the molecule is Cc1ccccc1OCC1=Cc2cc(F)ccc2S1(=O)=O. The number of aryl methyl sites for hydroxylation is 1. The van der Waals surface area contributed by atoms with E-state index in [1.54, 1.807) is 6.07 Å². The lowest BCUT2D eigenvalue weighted by molar-refractivity contribution is 0.356. The maximum absolute atomic E-state index is 13.2. The first-order valence-electron chi connectivity index (χ1n) is 6.42. The lowest BCUT2D eigenvalue weighted by atomic mass is 10.2. The fourth-order valence-corrected chi connectivity index (χ4v) is 3.71. The molecule has 2 aromatic carbocycles. The van der Waals surface area contributed by atoms with Gasteiger partial charge in [-0.1, -0.05) is 18.2 Å². The van der Waals surface area contributed by atoms with Gasteiger partial charge in [0.25, 0.3) is 0 Å². The maximum Gasteiger partial charge on any atom is 0.206 e. The largest absolute Gasteiger partial charge is 0.488 e. The van der Waals surface area contributed by atoms with Crippen molar-refractivity contribution in [3.05, 3.63) is 64.3 Å². The summed E-state index contributed by atoms with van der Waals surface area (Å²) in [5, 5.41) is 0. The van der Waals surface area contributed by atoms with Crippen molar-refractivity contribution in [2.75, 3.05) is 6.61 Å². The third kappa shape index (κ3) is 2.45. The monoisotopic (exact) mass is 304 g/mol. The Morgan fingerprint density at radius 3 is 2.67 bits per heavy atom. The Labute approximate surface area is 122 Å². The molecule has 108 valence electrons. The van der Waals surface area contributed by atoms with Gasteiger partial charge in [-0.3, -0.25) is 0 Å². The molecule has 5 heteroatoms. The van der Waals surface area contributed by atoms with E-state index in [9.17, 15) is 12.8 Å². The summed E-state index contributed by atoms with van der Waals surface area (Å²) in [7, 11) is -3.58. The van der Waals surface area contributed by atoms with Crippen LogP contribution in [0.25, 0.3) is 6.08 Å². The number of sulfone groups is 1. The smallest absolute Gasteiger partial charge is 0.206 e. The highest BCUT2D eigenvalue weighted by atomic mass is 32.2. The molecular formula is C16H13FO3S. The molecule has 1 aliphatic heterocycles. The Morgan fingerprint density at radius 1 is 1.14 bits per heavy atom. The molecule has 0 saturated heterocycles. The van der Waals surface area contributed by atoms with E-state index in [2.05, 4.69) is 0 Å². The van der Waals surface area contributed by atoms with Crippen molar-refractivity contribution in [3.63, 3.8) is 0 Å². The summed E-state index contributed by atoms with van der Waals surface area (Å²) in [6, 6.07) is 11.0. The molecule has 0 atom stereocenters. The van der Waals surface area contributed by atoms with Gasteiger partial charge in [-0.2, -0.15) is 0 Å². The first kappa shape index (κ1) is 13.8. The third-order valence-electron chi connectivity index (χ3n) is 3.39. The van der Waals surface area contributed by atoms with Gasteiger partial charge in [0.15, 0.2) is 0 Å². The zero-order chi connectivity index (χ0) is 15.0. The van der Waals surface area contributed by atoms with E-state index < -0.39 is 15.7 Å². The van der Waals surface area contributed by atoms with E-state index in [-0.39, 0.29) is 16.4 Å². The number of rotatable bonds is 3. The van der Waals surface area contributed by atoms with Gasteiger partial charge in [0.1, 0.15) is 18.2 Å². The maximum atomic E-state index is 13.2. The lowest BCUT2D eigenvalue weighted by Crippen LogP contribution is -2.09. The molecule has 0 unspecified atom stereocenters. The standard InChI is InChI=1S/C16H13FO3S/c1-11-4-2-3-5-15(11)20-10-14-9-12-8-13(17)6-7-16(12)21(14,18)19/h2-9H,10H2,1H3. The fraction of sp³-hybridized carbons (Fsp3) is 0.125. The van der Waals surface area contributed by atoms with Crippen molar-refractivity contribution < 1.29 is 17.5 Å². The van der Waals surface area contributed by atoms with E-state index in [1.807, 2.05) is 25.1 Å². The molecule has 1 aliphatic rings. The molecule has 1 heterocycles. The summed E-state index contributed by atoms with van der Waals surface area (Å²) < 4.78 is 43.4. The van der Waals surface area contributed by atoms with Gasteiger partial charge in [0, 0.05) is 0 Å². The highest BCUT2D eigenvalue weighted by Crippen LogP contribution is 2.33. The van der Waals surface area contributed by atoms with Crippen LogP contribution in [0, 0.1) is 12.7 Å². The van der Waals surface area contributed by atoms with E-state index >= 15 is 0 Å². The van der Waals surface area contributed by atoms with E-state index in [4.69, 9.17) is 4.74 Å². The predicted octanol–water partition coefficient (Wildman–Crippen LogP) is 3.34. The summed E-state index contributed by atoms with van der Waals surface area (Å²) in [4.78, 5) is 0.277. The topological polar surface area (TPSA) is 43.4 Å². The molecule has 0 bridgehead atoms. The molecule has 0 N–H and O–H groups in total. The van der Waals surface area contributed by atoms with Crippen LogP contribution in [0.4, 0.5) is 4.39 Å². The highest BCUT2D eigenvalue weighted by Gasteiger charge is 2.30. The average Bonchev–Trinajstić information content (AvgIpc) is 2.68.